The molecule has 1 fully saturated rings. The molecule has 0 bridgehead atoms. The summed E-state index contributed by atoms with van der Waals surface area (Å²) in [6.07, 6.45) is 2.78. The summed E-state index contributed by atoms with van der Waals surface area (Å²) in [6.45, 7) is 3.97. The molecule has 8 heteroatoms. The first-order valence-corrected chi connectivity index (χ1v) is 14.1. The van der Waals surface area contributed by atoms with Crippen LogP contribution in [0.4, 0.5) is 22.0 Å². The highest BCUT2D eigenvalue weighted by Crippen LogP contribution is 2.32. The predicted molar refractivity (Wildman–Crippen MR) is 145 cm³/mol. The van der Waals surface area contributed by atoms with E-state index in [1.54, 1.807) is 12.1 Å². The summed E-state index contributed by atoms with van der Waals surface area (Å²) < 4.78 is 85.0. The van der Waals surface area contributed by atoms with Crippen LogP contribution in [-0.2, 0) is 39.6 Å². The highest BCUT2D eigenvalue weighted by atomic mass is 19.4. The van der Waals surface area contributed by atoms with Crippen molar-refractivity contribution in [2.75, 3.05) is 19.8 Å². The molecule has 0 radical (unpaired) electrons. The second-order valence-electron chi connectivity index (χ2n) is 10.4. The summed E-state index contributed by atoms with van der Waals surface area (Å²) in [4.78, 5) is 0. The van der Waals surface area contributed by atoms with Gasteiger partial charge in [0.25, 0.3) is 0 Å². The molecule has 218 valence electrons. The Hall–Kier alpha value is -2.55. The topological polar surface area (TPSA) is 27.7 Å². The Balaban J connectivity index is 1.25. The van der Waals surface area contributed by atoms with Crippen LogP contribution in [0.15, 0.2) is 48.5 Å². The van der Waals surface area contributed by atoms with Crippen LogP contribution < -0.4 is 0 Å². The van der Waals surface area contributed by atoms with Gasteiger partial charge in [0, 0.05) is 18.4 Å². The number of benzene rings is 3. The summed E-state index contributed by atoms with van der Waals surface area (Å²) in [5, 5.41) is 1.23. The van der Waals surface area contributed by atoms with Crippen molar-refractivity contribution in [2.45, 2.75) is 83.3 Å². The summed E-state index contributed by atoms with van der Waals surface area (Å²) in [7, 11) is 0. The molecular weight excluding hydrogens is 527 g/mol. The molecule has 40 heavy (non-hydrogen) atoms. The Morgan fingerprint density at radius 1 is 0.825 bits per heavy atom. The molecule has 4 rings (SSSR count). The minimum atomic E-state index is -4.74. The van der Waals surface area contributed by atoms with Gasteiger partial charge in [-0.1, -0.05) is 69.0 Å². The normalized spacial score (nSPS) is 17.9. The lowest BCUT2D eigenvalue weighted by molar-refractivity contribution is -0.227. The maximum atomic E-state index is 15.2. The minimum Gasteiger partial charge on any atom is -0.373 e. The smallest absolute Gasteiger partial charge is 0.373 e. The van der Waals surface area contributed by atoms with Crippen LogP contribution in [0.5, 0.6) is 0 Å². The van der Waals surface area contributed by atoms with Crippen molar-refractivity contribution in [1.82, 2.24) is 0 Å². The van der Waals surface area contributed by atoms with Crippen LogP contribution in [0.2, 0.25) is 0 Å². The van der Waals surface area contributed by atoms with Gasteiger partial charge in [-0.25, -0.2) is 8.78 Å². The minimum absolute atomic E-state index is 0.0291. The van der Waals surface area contributed by atoms with Gasteiger partial charge in [-0.15, -0.1) is 0 Å². The van der Waals surface area contributed by atoms with Crippen LogP contribution in [0, 0.1) is 11.6 Å². The Bertz CT molecular complexity index is 1240. The molecule has 0 unspecified atom stereocenters. The lowest BCUT2D eigenvalue weighted by atomic mass is 9.97. The number of ether oxygens (including phenoxy) is 3. The number of fused-ring (bicyclic) bond motifs is 1. The predicted octanol–water partition coefficient (Wildman–Crippen LogP) is 8.58. The van der Waals surface area contributed by atoms with E-state index in [2.05, 4.69) is 6.92 Å². The molecule has 3 aromatic carbocycles. The van der Waals surface area contributed by atoms with E-state index < -0.39 is 17.6 Å². The first kappa shape index (κ1) is 30.4. The van der Waals surface area contributed by atoms with Crippen molar-refractivity contribution in [2.24, 2.45) is 0 Å². The van der Waals surface area contributed by atoms with Crippen LogP contribution in [0.25, 0.3) is 10.8 Å². The average Bonchev–Trinajstić information content (AvgIpc) is 2.93. The molecule has 0 spiro atoms. The van der Waals surface area contributed by atoms with Crippen molar-refractivity contribution in [3.63, 3.8) is 0 Å². The zero-order valence-electron chi connectivity index (χ0n) is 22.9. The molecule has 0 atom stereocenters. The molecular formula is C32H37F5O3. The van der Waals surface area contributed by atoms with E-state index in [-0.39, 0.29) is 31.1 Å². The quantitative estimate of drug-likeness (QED) is 0.154. The summed E-state index contributed by atoms with van der Waals surface area (Å²) in [5.74, 6) is -1.69. The second-order valence-corrected chi connectivity index (χ2v) is 10.4. The molecule has 0 saturated carbocycles. The molecule has 1 aliphatic heterocycles. The SMILES string of the molecule is CCCCCCCOC1COC(CCc2ccc3c(F)c(CCc4ccc(C(F)(F)F)c(F)c4)ccc3c2)OC1. The fourth-order valence-electron chi connectivity index (χ4n) is 4.99. The van der Waals surface area contributed by atoms with Crippen LogP contribution in [0.3, 0.4) is 0 Å². The van der Waals surface area contributed by atoms with Crippen molar-refractivity contribution < 1.29 is 36.2 Å². The molecule has 0 amide bonds. The Kier molecular flexibility index (Phi) is 10.9. The highest BCUT2D eigenvalue weighted by Gasteiger charge is 2.33. The number of halogens is 5. The van der Waals surface area contributed by atoms with Crippen molar-refractivity contribution in [3.8, 4) is 0 Å². The van der Waals surface area contributed by atoms with Crippen LogP contribution in [0.1, 0.15) is 67.7 Å². The van der Waals surface area contributed by atoms with E-state index in [1.807, 2.05) is 18.2 Å². The fraction of sp³-hybridized carbons (Fsp3) is 0.500. The maximum absolute atomic E-state index is 15.2. The Morgan fingerprint density at radius 2 is 1.55 bits per heavy atom. The van der Waals surface area contributed by atoms with Gasteiger partial charge in [0.1, 0.15) is 17.7 Å². The number of aryl methyl sites for hydroxylation is 3. The van der Waals surface area contributed by atoms with Crippen molar-refractivity contribution >= 4 is 10.8 Å². The van der Waals surface area contributed by atoms with Gasteiger partial charge in [-0.3, -0.25) is 0 Å². The van der Waals surface area contributed by atoms with Crippen molar-refractivity contribution in [1.29, 1.82) is 0 Å². The van der Waals surface area contributed by atoms with Crippen LogP contribution >= 0.6 is 0 Å². The standard InChI is InChI=1S/C32H37F5O3/c1-2-3-4-5-6-17-38-26-20-39-30(40-21-26)16-10-22-8-14-27-25(18-22)13-12-24(31(27)34)11-7-23-9-15-28(29(33)19-23)32(35,36)37/h8-9,12-15,18-19,26,30H,2-7,10-11,16-17,20-21H2,1H3. The maximum Gasteiger partial charge on any atom is 0.419 e. The van der Waals surface area contributed by atoms with E-state index in [1.165, 1.54) is 31.7 Å². The van der Waals surface area contributed by atoms with Gasteiger partial charge in [-0.05, 0) is 59.9 Å². The van der Waals surface area contributed by atoms with Gasteiger partial charge in [0.05, 0.1) is 18.8 Å². The molecule has 1 saturated heterocycles. The van der Waals surface area contributed by atoms with Gasteiger partial charge >= 0.3 is 6.18 Å². The van der Waals surface area contributed by atoms with Gasteiger partial charge in [-0.2, -0.15) is 13.2 Å². The first-order chi connectivity index (χ1) is 19.2. The van der Waals surface area contributed by atoms with Gasteiger partial charge < -0.3 is 14.2 Å². The Labute approximate surface area is 232 Å². The molecule has 0 aromatic heterocycles. The summed E-state index contributed by atoms with van der Waals surface area (Å²) in [6, 6.07) is 11.9. The third kappa shape index (κ3) is 8.48. The number of hydrogen-bond donors (Lipinski definition) is 0. The number of rotatable bonds is 13. The second kappa shape index (κ2) is 14.4. The fourth-order valence-corrected chi connectivity index (χ4v) is 4.99. The molecule has 3 nitrogen and oxygen atoms in total. The zero-order valence-corrected chi connectivity index (χ0v) is 22.9. The number of hydrogen-bond acceptors (Lipinski definition) is 3. The average molecular weight is 565 g/mol. The third-order valence-electron chi connectivity index (χ3n) is 7.33. The third-order valence-corrected chi connectivity index (χ3v) is 7.33. The van der Waals surface area contributed by atoms with E-state index >= 15 is 4.39 Å². The first-order valence-electron chi connectivity index (χ1n) is 14.1. The molecule has 1 aliphatic rings. The lowest BCUT2D eigenvalue weighted by Gasteiger charge is -2.29. The van der Waals surface area contributed by atoms with E-state index in [4.69, 9.17) is 14.2 Å². The van der Waals surface area contributed by atoms with Crippen LogP contribution in [-0.4, -0.2) is 32.2 Å². The van der Waals surface area contributed by atoms with E-state index in [9.17, 15) is 17.6 Å². The molecule has 0 aliphatic carbocycles. The lowest BCUT2D eigenvalue weighted by Crippen LogP contribution is -2.37. The van der Waals surface area contributed by atoms with Gasteiger partial charge in [0.2, 0.25) is 0 Å². The van der Waals surface area contributed by atoms with Crippen molar-refractivity contribution in [3.05, 3.63) is 82.4 Å². The zero-order chi connectivity index (χ0) is 28.5. The van der Waals surface area contributed by atoms with E-state index in [0.29, 0.717) is 42.6 Å². The molecule has 0 N–H and O–H groups in total. The number of unbranched alkanes of at least 4 members (excludes halogenated alkanes) is 4. The Morgan fingerprint density at radius 3 is 2.27 bits per heavy atom. The molecule has 3 aromatic rings. The summed E-state index contributed by atoms with van der Waals surface area (Å²) >= 11 is 0. The highest BCUT2D eigenvalue weighted by molar-refractivity contribution is 5.84. The number of alkyl halides is 3. The monoisotopic (exact) mass is 564 g/mol. The largest absolute Gasteiger partial charge is 0.419 e. The molecule has 1 heterocycles. The van der Waals surface area contributed by atoms with E-state index in [0.717, 1.165) is 36.1 Å². The van der Waals surface area contributed by atoms with Gasteiger partial charge in [0.15, 0.2) is 6.29 Å². The summed E-state index contributed by atoms with van der Waals surface area (Å²) in [5.41, 5.74) is 0.555.